The van der Waals surface area contributed by atoms with E-state index in [-0.39, 0.29) is 10.8 Å². The fraction of sp³-hybridized carbons (Fsp3) is 0.727. The molecule has 0 amide bonds. The summed E-state index contributed by atoms with van der Waals surface area (Å²) in [6.07, 6.45) is 1.70. The molecule has 0 fully saturated rings. The zero-order chi connectivity index (χ0) is 11.6. The molecule has 0 heterocycles. The van der Waals surface area contributed by atoms with Crippen molar-refractivity contribution in [3.63, 3.8) is 0 Å². The van der Waals surface area contributed by atoms with Crippen LogP contribution in [0.4, 0.5) is 0 Å². The minimum atomic E-state index is -0.236. The van der Waals surface area contributed by atoms with Gasteiger partial charge in [-0.3, -0.25) is 4.79 Å². The summed E-state index contributed by atoms with van der Waals surface area (Å²) < 4.78 is 5.18. The summed E-state index contributed by atoms with van der Waals surface area (Å²) in [5.41, 5.74) is -0.333. The van der Waals surface area contributed by atoms with Gasteiger partial charge in [0.2, 0.25) is 0 Å². The number of hydrogen-bond donors (Lipinski definition) is 0. The SMILES string of the molecule is CC(C)(C)C(=[OH+])/C=C(\[O][Al])C(C)(C)C. The summed E-state index contributed by atoms with van der Waals surface area (Å²) in [4.78, 5) is 9.80. The molecule has 0 atom stereocenters. The van der Waals surface area contributed by atoms with Crippen molar-refractivity contribution in [3.8, 4) is 0 Å². The van der Waals surface area contributed by atoms with E-state index in [4.69, 9.17) is 3.79 Å². The Morgan fingerprint density at radius 3 is 1.71 bits per heavy atom. The van der Waals surface area contributed by atoms with Gasteiger partial charge in [-0.1, -0.05) is 20.8 Å². The van der Waals surface area contributed by atoms with Gasteiger partial charge < -0.3 is 3.79 Å². The first-order valence-electron chi connectivity index (χ1n) is 4.74. The van der Waals surface area contributed by atoms with E-state index in [9.17, 15) is 4.79 Å². The zero-order valence-corrected chi connectivity index (χ0v) is 11.2. The monoisotopic (exact) mass is 211 g/mol. The lowest BCUT2D eigenvalue weighted by Crippen LogP contribution is -2.21. The van der Waals surface area contributed by atoms with E-state index < -0.39 is 0 Å². The average molecular weight is 211 g/mol. The molecule has 0 aliphatic carbocycles. The van der Waals surface area contributed by atoms with Crippen LogP contribution in [-0.2, 0) is 3.79 Å². The van der Waals surface area contributed by atoms with Crippen LogP contribution in [0, 0.1) is 10.8 Å². The van der Waals surface area contributed by atoms with E-state index in [1.165, 1.54) is 0 Å². The van der Waals surface area contributed by atoms with Gasteiger partial charge in [-0.2, -0.15) is 0 Å². The van der Waals surface area contributed by atoms with Crippen LogP contribution in [0.5, 0.6) is 0 Å². The molecule has 1 N–H and O–H groups in total. The average Bonchev–Trinajstić information content (AvgIpc) is 1.95. The smallest absolute Gasteiger partial charge is 0.481 e. The summed E-state index contributed by atoms with van der Waals surface area (Å²) in [5.74, 6) is 1.10. The molecule has 3 heteroatoms. The summed E-state index contributed by atoms with van der Waals surface area (Å²) in [7, 11) is 0. The number of allylic oxidation sites excluding steroid dienone is 2. The zero-order valence-electron chi connectivity index (χ0n) is 10.0. The van der Waals surface area contributed by atoms with Crippen LogP contribution >= 0.6 is 0 Å². The van der Waals surface area contributed by atoms with Crippen LogP contribution in [0.15, 0.2) is 11.8 Å². The first-order chi connectivity index (χ1) is 6.09. The van der Waals surface area contributed by atoms with E-state index in [0.29, 0.717) is 5.78 Å². The van der Waals surface area contributed by atoms with E-state index in [2.05, 4.69) is 16.6 Å². The largest absolute Gasteiger partial charge is 0.656 e. The van der Waals surface area contributed by atoms with Crippen LogP contribution < -0.4 is 0 Å². The van der Waals surface area contributed by atoms with Gasteiger partial charge in [-0.15, -0.1) is 0 Å². The molecule has 2 nitrogen and oxygen atoms in total. The maximum absolute atomic E-state index is 9.80. The standard InChI is InChI=1S/C11H20O2.Al/c1-10(2,3)8(12)7-9(13)11(4,5)6;/h7,12H,1-6H3;/q;+1/b8-7-;. The number of carbonyl (C=O) groups excluding carboxylic acids is 1. The molecular weight excluding hydrogens is 191 g/mol. The molecule has 0 aliphatic rings. The minimum Gasteiger partial charge on any atom is -0.656 e. The molecule has 2 radical (unpaired) electrons. The van der Waals surface area contributed by atoms with Crippen molar-refractivity contribution in [2.45, 2.75) is 41.5 Å². The first kappa shape index (κ1) is 13.7. The summed E-state index contributed by atoms with van der Waals surface area (Å²) in [5, 5.41) is 0. The molecule has 0 aliphatic heterocycles. The van der Waals surface area contributed by atoms with E-state index >= 15 is 0 Å². The summed E-state index contributed by atoms with van der Waals surface area (Å²) in [6, 6.07) is 0. The van der Waals surface area contributed by atoms with Gasteiger partial charge in [0.25, 0.3) is 0 Å². The Balaban J connectivity index is 4.89. The summed E-state index contributed by atoms with van der Waals surface area (Å²) in [6.45, 7) is 12.0. The molecule has 0 spiro atoms. The molecule has 0 unspecified atom stereocenters. The quantitative estimate of drug-likeness (QED) is 0.299. The van der Waals surface area contributed by atoms with Crippen LogP contribution in [-0.4, -0.2) is 27.2 Å². The third kappa shape index (κ3) is 4.30. The molecule has 14 heavy (non-hydrogen) atoms. The Morgan fingerprint density at radius 1 is 1.07 bits per heavy atom. The van der Waals surface area contributed by atoms with Crippen molar-refractivity contribution in [2.75, 3.05) is 0 Å². The lowest BCUT2D eigenvalue weighted by molar-refractivity contribution is 0.312. The fourth-order valence-electron chi connectivity index (χ4n) is 0.768. The normalized spacial score (nSPS) is 14.0. The highest BCUT2D eigenvalue weighted by molar-refractivity contribution is 6.00. The fourth-order valence-corrected chi connectivity index (χ4v) is 1.19. The minimum absolute atomic E-state index is 0.0962. The van der Waals surface area contributed by atoms with Gasteiger partial charge in [0.15, 0.2) is 0 Å². The number of ketones is 1. The van der Waals surface area contributed by atoms with Gasteiger partial charge in [0.1, 0.15) is 0 Å². The van der Waals surface area contributed by atoms with Crippen molar-refractivity contribution in [3.05, 3.63) is 11.8 Å². The molecule has 0 saturated heterocycles. The Labute approximate surface area is 95.5 Å². The summed E-state index contributed by atoms with van der Waals surface area (Å²) >= 11 is 2.22. The van der Waals surface area contributed by atoms with Gasteiger partial charge >= 0.3 is 22.4 Å². The van der Waals surface area contributed by atoms with Gasteiger partial charge in [-0.25, -0.2) is 0 Å². The second-order valence-electron chi connectivity index (χ2n) is 5.51. The molecule has 0 bridgehead atoms. The van der Waals surface area contributed by atoms with E-state index in [1.54, 1.807) is 6.08 Å². The second kappa shape index (κ2) is 4.51. The molecule has 0 rings (SSSR count). The molecule has 0 aromatic heterocycles. The van der Waals surface area contributed by atoms with Gasteiger partial charge in [-0.05, 0) is 20.8 Å². The predicted octanol–water partition coefficient (Wildman–Crippen LogP) is 2.61. The van der Waals surface area contributed by atoms with Crippen LogP contribution in [0.25, 0.3) is 0 Å². The van der Waals surface area contributed by atoms with Crippen LogP contribution in [0.3, 0.4) is 0 Å². The first-order valence-corrected chi connectivity index (χ1v) is 5.21. The van der Waals surface area contributed by atoms with Crippen molar-refractivity contribution in [2.24, 2.45) is 10.8 Å². The van der Waals surface area contributed by atoms with Crippen molar-refractivity contribution in [1.29, 1.82) is 0 Å². The maximum atomic E-state index is 9.80. The molecule has 0 saturated carbocycles. The van der Waals surface area contributed by atoms with Crippen molar-refractivity contribution in [1.82, 2.24) is 0 Å². The number of rotatable bonds is 2. The Bertz CT molecular complexity index is 241. The maximum Gasteiger partial charge on any atom is 0.481 e. The third-order valence-corrected chi connectivity index (χ3v) is 2.16. The molecular formula is C11H20AlO2+. The highest BCUT2D eigenvalue weighted by Gasteiger charge is 2.28. The predicted molar refractivity (Wildman–Crippen MR) is 60.8 cm³/mol. The highest BCUT2D eigenvalue weighted by Crippen LogP contribution is 2.27. The Morgan fingerprint density at radius 2 is 1.50 bits per heavy atom. The van der Waals surface area contributed by atoms with Crippen molar-refractivity contribution < 1.29 is 8.58 Å². The Kier molecular flexibility index (Phi) is 4.42. The van der Waals surface area contributed by atoms with Crippen LogP contribution in [0.1, 0.15) is 41.5 Å². The lowest BCUT2D eigenvalue weighted by atomic mass is 9.87. The highest BCUT2D eigenvalue weighted by atomic mass is 27.1. The van der Waals surface area contributed by atoms with Gasteiger partial charge in [0, 0.05) is 5.41 Å². The van der Waals surface area contributed by atoms with Gasteiger partial charge in [0.05, 0.1) is 17.3 Å². The van der Waals surface area contributed by atoms with Crippen molar-refractivity contribution >= 4 is 22.4 Å². The molecule has 78 valence electrons. The molecule has 0 aromatic rings. The van der Waals surface area contributed by atoms with E-state index in [1.807, 2.05) is 41.5 Å². The number of hydrogen-bond acceptors (Lipinski definition) is 1. The van der Waals surface area contributed by atoms with Crippen LogP contribution in [0.2, 0.25) is 0 Å². The topological polar surface area (TPSA) is 30.6 Å². The Hall–Kier alpha value is -0.258. The third-order valence-electron chi connectivity index (χ3n) is 1.90. The second-order valence-corrected chi connectivity index (χ2v) is 5.75. The van der Waals surface area contributed by atoms with E-state index in [0.717, 1.165) is 5.76 Å². The lowest BCUT2D eigenvalue weighted by Gasteiger charge is -2.23. The molecule has 0 aromatic carbocycles.